The molecule has 0 aromatic heterocycles. The molecule has 0 aliphatic carbocycles. The van der Waals surface area contributed by atoms with Gasteiger partial charge >= 0.3 is 0 Å². The van der Waals surface area contributed by atoms with Gasteiger partial charge in [0.2, 0.25) is 0 Å². The van der Waals surface area contributed by atoms with Crippen molar-refractivity contribution < 1.29 is 18.6 Å². The van der Waals surface area contributed by atoms with Crippen LogP contribution in [-0.2, 0) is 0 Å². The second kappa shape index (κ2) is 3.22. The molecule has 1 nitrogen and oxygen atoms in total. The molecule has 0 fully saturated rings. The zero-order chi connectivity index (χ0) is 6.85. The molecule has 0 unspecified atom stereocenters. The van der Waals surface area contributed by atoms with Crippen LogP contribution in [0.2, 0.25) is 0 Å². The predicted octanol–water partition coefficient (Wildman–Crippen LogP) is 1.28. The first-order chi connectivity index (χ1) is 4.22. The van der Waals surface area contributed by atoms with Crippen molar-refractivity contribution in [3.63, 3.8) is 0 Å². The van der Waals surface area contributed by atoms with Gasteiger partial charge in [0.25, 0.3) is 0 Å². The fraction of sp³-hybridized carbons (Fsp3) is 0. The number of hydrogen-bond donors (Lipinski definition) is 0. The summed E-state index contributed by atoms with van der Waals surface area (Å²) in [6.45, 7) is 0. The van der Waals surface area contributed by atoms with Gasteiger partial charge in [0.15, 0.2) is 17.5 Å². The highest BCUT2D eigenvalue weighted by molar-refractivity contribution is 5.07. The van der Waals surface area contributed by atoms with E-state index in [2.05, 4.69) is 0 Å². The van der Waals surface area contributed by atoms with Gasteiger partial charge < -0.3 is 5.48 Å². The second-order valence-electron chi connectivity index (χ2n) is 1.54. The Morgan fingerprint density at radius 3 is 1.60 bits per heavy atom. The van der Waals surface area contributed by atoms with Gasteiger partial charge in [-0.25, -0.2) is 13.2 Å². The number of hydrogen-bond acceptors (Lipinski definition) is 0. The van der Waals surface area contributed by atoms with Crippen molar-refractivity contribution in [1.82, 2.24) is 0 Å². The Bertz CT molecular complexity index is 204. The molecule has 1 rings (SSSR count). The summed E-state index contributed by atoms with van der Waals surface area (Å²) in [7, 11) is 0. The minimum Gasteiger partial charge on any atom is -0.412 e. The Balaban J connectivity index is 0.000000810. The van der Waals surface area contributed by atoms with E-state index in [1.165, 1.54) is 0 Å². The quantitative estimate of drug-likeness (QED) is 0.499. The summed E-state index contributed by atoms with van der Waals surface area (Å²) in [5.41, 5.74) is 0. The molecule has 56 valence electrons. The Morgan fingerprint density at radius 1 is 0.900 bits per heavy atom. The Hall–Kier alpha value is -1.03. The lowest BCUT2D eigenvalue weighted by molar-refractivity contribution is 0.447. The molecule has 0 saturated heterocycles. The van der Waals surface area contributed by atoms with Crippen LogP contribution in [-0.4, -0.2) is 5.48 Å². The van der Waals surface area contributed by atoms with Crippen LogP contribution in [0.15, 0.2) is 18.2 Å². The average molecular weight is 150 g/mol. The van der Waals surface area contributed by atoms with E-state index in [4.69, 9.17) is 0 Å². The lowest BCUT2D eigenvalue weighted by atomic mass is 10.3. The van der Waals surface area contributed by atoms with Crippen molar-refractivity contribution in [2.45, 2.75) is 0 Å². The van der Waals surface area contributed by atoms with Crippen molar-refractivity contribution in [2.75, 3.05) is 0 Å². The molecule has 10 heavy (non-hydrogen) atoms. The van der Waals surface area contributed by atoms with Gasteiger partial charge in [-0.3, -0.25) is 0 Å². The van der Waals surface area contributed by atoms with E-state index >= 15 is 0 Å². The molecule has 0 aliphatic heterocycles. The Kier molecular flexibility index (Phi) is 2.89. The van der Waals surface area contributed by atoms with Gasteiger partial charge in [-0.05, 0) is 12.1 Å². The van der Waals surface area contributed by atoms with Gasteiger partial charge in [-0.1, -0.05) is 6.07 Å². The van der Waals surface area contributed by atoms with E-state index in [-0.39, 0.29) is 5.48 Å². The van der Waals surface area contributed by atoms with Crippen molar-refractivity contribution in [3.05, 3.63) is 35.7 Å². The van der Waals surface area contributed by atoms with E-state index in [0.717, 1.165) is 18.2 Å². The van der Waals surface area contributed by atoms with Crippen LogP contribution in [0.3, 0.4) is 0 Å². The lowest BCUT2D eigenvalue weighted by Gasteiger charge is -1.90. The molecule has 1 aromatic rings. The predicted molar refractivity (Wildman–Crippen MR) is 29.9 cm³/mol. The van der Waals surface area contributed by atoms with Crippen LogP contribution in [0.4, 0.5) is 13.2 Å². The first-order valence-corrected chi connectivity index (χ1v) is 2.31. The summed E-state index contributed by atoms with van der Waals surface area (Å²) < 4.78 is 35.9. The SMILES string of the molecule is Fc1cccc(F)c1F.O. The molecule has 0 atom stereocenters. The second-order valence-corrected chi connectivity index (χ2v) is 1.54. The highest BCUT2D eigenvalue weighted by Crippen LogP contribution is 2.07. The van der Waals surface area contributed by atoms with Gasteiger partial charge in [0.05, 0.1) is 0 Å². The molecular weight excluding hydrogens is 145 g/mol. The molecule has 0 saturated carbocycles. The van der Waals surface area contributed by atoms with Gasteiger partial charge in [-0.2, -0.15) is 0 Å². The fourth-order valence-electron chi connectivity index (χ4n) is 0.477. The van der Waals surface area contributed by atoms with Crippen molar-refractivity contribution in [1.29, 1.82) is 0 Å². The third-order valence-electron chi connectivity index (χ3n) is 0.904. The van der Waals surface area contributed by atoms with E-state index in [1.807, 2.05) is 0 Å². The van der Waals surface area contributed by atoms with E-state index in [1.54, 1.807) is 0 Å². The largest absolute Gasteiger partial charge is 0.412 e. The van der Waals surface area contributed by atoms with Gasteiger partial charge in [0.1, 0.15) is 0 Å². The minimum atomic E-state index is -1.42. The maximum atomic E-state index is 12.0. The molecule has 0 radical (unpaired) electrons. The topological polar surface area (TPSA) is 31.5 Å². The summed E-state index contributed by atoms with van der Waals surface area (Å²) in [6, 6.07) is 2.82. The number of halogens is 3. The maximum Gasteiger partial charge on any atom is 0.194 e. The van der Waals surface area contributed by atoms with E-state index in [9.17, 15) is 13.2 Å². The summed E-state index contributed by atoms with van der Waals surface area (Å²) >= 11 is 0. The van der Waals surface area contributed by atoms with Crippen molar-refractivity contribution in [2.24, 2.45) is 0 Å². The standard InChI is InChI=1S/C6H3F3.H2O/c7-4-2-1-3-5(8)6(4)9;/h1-3H;1H2. The molecule has 0 bridgehead atoms. The molecular formula is C6H5F3O. The molecule has 2 N–H and O–H groups in total. The Morgan fingerprint density at radius 2 is 1.30 bits per heavy atom. The molecule has 4 heteroatoms. The lowest BCUT2D eigenvalue weighted by Crippen LogP contribution is -1.86. The van der Waals surface area contributed by atoms with Crippen molar-refractivity contribution >= 4 is 0 Å². The van der Waals surface area contributed by atoms with Crippen LogP contribution in [0.5, 0.6) is 0 Å². The fourth-order valence-corrected chi connectivity index (χ4v) is 0.477. The summed E-state index contributed by atoms with van der Waals surface area (Å²) in [4.78, 5) is 0. The van der Waals surface area contributed by atoms with Crippen molar-refractivity contribution in [3.8, 4) is 0 Å². The highest BCUT2D eigenvalue weighted by atomic mass is 19.2. The highest BCUT2D eigenvalue weighted by Gasteiger charge is 2.04. The van der Waals surface area contributed by atoms with Crippen LogP contribution >= 0.6 is 0 Å². The third kappa shape index (κ3) is 1.48. The monoisotopic (exact) mass is 150 g/mol. The Labute approximate surface area is 55.4 Å². The van der Waals surface area contributed by atoms with Crippen LogP contribution in [0.1, 0.15) is 0 Å². The van der Waals surface area contributed by atoms with Crippen LogP contribution in [0.25, 0.3) is 0 Å². The summed E-state index contributed by atoms with van der Waals surface area (Å²) in [5.74, 6) is -3.73. The summed E-state index contributed by atoms with van der Waals surface area (Å²) in [5, 5.41) is 0. The minimum absolute atomic E-state index is 0. The molecule has 0 amide bonds. The number of rotatable bonds is 0. The zero-order valence-electron chi connectivity index (χ0n) is 4.87. The first-order valence-electron chi connectivity index (χ1n) is 2.31. The van der Waals surface area contributed by atoms with Gasteiger partial charge in [0, 0.05) is 0 Å². The van der Waals surface area contributed by atoms with Crippen LogP contribution < -0.4 is 0 Å². The molecule has 1 aromatic carbocycles. The number of benzene rings is 1. The van der Waals surface area contributed by atoms with Crippen LogP contribution in [0, 0.1) is 17.5 Å². The summed E-state index contributed by atoms with van der Waals surface area (Å²) in [6.07, 6.45) is 0. The molecule has 0 heterocycles. The first kappa shape index (κ1) is 8.97. The molecule has 0 spiro atoms. The zero-order valence-corrected chi connectivity index (χ0v) is 4.87. The normalized spacial score (nSPS) is 8.70. The maximum absolute atomic E-state index is 12.0. The molecule has 0 aliphatic rings. The smallest absolute Gasteiger partial charge is 0.194 e. The average Bonchev–Trinajstić information content (AvgIpc) is 1.83. The van der Waals surface area contributed by atoms with E-state index in [0.29, 0.717) is 0 Å². The van der Waals surface area contributed by atoms with E-state index < -0.39 is 17.5 Å². The van der Waals surface area contributed by atoms with Gasteiger partial charge in [-0.15, -0.1) is 0 Å². The third-order valence-corrected chi connectivity index (χ3v) is 0.904.